The highest BCUT2D eigenvalue weighted by atomic mass is 16.4. The molecule has 2 heterocycles. The third-order valence-corrected chi connectivity index (χ3v) is 3.05. The van der Waals surface area contributed by atoms with Gasteiger partial charge in [-0.2, -0.15) is 0 Å². The molecule has 2 N–H and O–H groups in total. The van der Waals surface area contributed by atoms with Gasteiger partial charge in [0.15, 0.2) is 5.89 Å². The van der Waals surface area contributed by atoms with Crippen LogP contribution in [0.4, 0.5) is 0 Å². The largest absolute Gasteiger partial charge is 0.445 e. The minimum Gasteiger partial charge on any atom is -0.445 e. The van der Waals surface area contributed by atoms with E-state index in [9.17, 15) is 0 Å². The van der Waals surface area contributed by atoms with Crippen molar-refractivity contribution >= 4 is 0 Å². The first-order valence-corrected chi connectivity index (χ1v) is 5.63. The van der Waals surface area contributed by atoms with Crippen LogP contribution in [0.1, 0.15) is 30.4 Å². The van der Waals surface area contributed by atoms with Gasteiger partial charge in [0, 0.05) is 18.9 Å². The maximum Gasteiger partial charge on any atom is 0.195 e. The lowest BCUT2D eigenvalue weighted by molar-refractivity contribution is 0.239. The van der Waals surface area contributed by atoms with Gasteiger partial charge in [-0.15, -0.1) is 0 Å². The molecule has 2 rings (SSSR count). The van der Waals surface area contributed by atoms with Gasteiger partial charge in [-0.05, 0) is 33.0 Å². The Balaban J connectivity index is 1.96. The van der Waals surface area contributed by atoms with E-state index in [2.05, 4.69) is 16.9 Å². The molecule has 4 heteroatoms. The molecule has 4 nitrogen and oxygen atoms in total. The van der Waals surface area contributed by atoms with Crippen LogP contribution in [0.2, 0.25) is 0 Å². The maximum absolute atomic E-state index is 5.69. The van der Waals surface area contributed by atoms with Crippen LogP contribution >= 0.6 is 0 Å². The number of nitrogens with zero attached hydrogens (tertiary/aromatic N) is 2. The van der Waals surface area contributed by atoms with Crippen molar-refractivity contribution in [2.75, 3.05) is 26.7 Å². The Hall–Kier alpha value is -0.870. The van der Waals surface area contributed by atoms with Crippen molar-refractivity contribution in [3.8, 4) is 0 Å². The normalized spacial score (nSPS) is 19.6. The Kier molecular flexibility index (Phi) is 3.38. The Morgan fingerprint density at radius 2 is 2.27 bits per heavy atom. The standard InChI is InChI=1S/C11H19N3O/c1-14-6-3-9(4-7-14)10-8-13-11(15-10)2-5-12/h8-9H,2-7,12H2,1H3. The molecule has 0 amide bonds. The molecule has 1 aromatic rings. The summed E-state index contributed by atoms with van der Waals surface area (Å²) in [4.78, 5) is 6.59. The fourth-order valence-electron chi connectivity index (χ4n) is 2.05. The third kappa shape index (κ3) is 2.58. The predicted molar refractivity (Wildman–Crippen MR) is 58.7 cm³/mol. The summed E-state index contributed by atoms with van der Waals surface area (Å²) in [5, 5.41) is 0. The lowest BCUT2D eigenvalue weighted by atomic mass is 9.95. The quantitative estimate of drug-likeness (QED) is 0.806. The van der Waals surface area contributed by atoms with E-state index < -0.39 is 0 Å². The molecule has 1 aliphatic rings. The van der Waals surface area contributed by atoms with Crippen LogP contribution in [0.3, 0.4) is 0 Å². The van der Waals surface area contributed by atoms with Crippen molar-refractivity contribution in [2.24, 2.45) is 5.73 Å². The molecule has 0 radical (unpaired) electrons. The molecule has 0 aliphatic carbocycles. The second-order valence-electron chi connectivity index (χ2n) is 4.27. The van der Waals surface area contributed by atoms with Gasteiger partial charge in [-0.25, -0.2) is 4.98 Å². The minimum absolute atomic E-state index is 0.556. The van der Waals surface area contributed by atoms with E-state index in [0.29, 0.717) is 12.5 Å². The molecule has 84 valence electrons. The number of rotatable bonds is 3. The molecule has 0 spiro atoms. The molecule has 0 atom stereocenters. The molecule has 0 unspecified atom stereocenters. The number of hydrogen-bond acceptors (Lipinski definition) is 4. The zero-order chi connectivity index (χ0) is 10.7. The first kappa shape index (κ1) is 10.6. The molecule has 0 bridgehead atoms. The third-order valence-electron chi connectivity index (χ3n) is 3.05. The summed E-state index contributed by atoms with van der Waals surface area (Å²) in [6.07, 6.45) is 4.97. The molecule has 15 heavy (non-hydrogen) atoms. The fraction of sp³-hybridized carbons (Fsp3) is 0.727. The van der Waals surface area contributed by atoms with Crippen molar-refractivity contribution in [1.82, 2.24) is 9.88 Å². The highest BCUT2D eigenvalue weighted by molar-refractivity contribution is 5.03. The highest BCUT2D eigenvalue weighted by Crippen LogP contribution is 2.27. The van der Waals surface area contributed by atoms with Crippen molar-refractivity contribution in [3.05, 3.63) is 17.8 Å². The zero-order valence-corrected chi connectivity index (χ0v) is 9.28. The van der Waals surface area contributed by atoms with Gasteiger partial charge >= 0.3 is 0 Å². The van der Waals surface area contributed by atoms with Crippen LogP contribution < -0.4 is 5.73 Å². The Labute approximate surface area is 90.5 Å². The summed E-state index contributed by atoms with van der Waals surface area (Å²) in [5.41, 5.74) is 5.46. The Morgan fingerprint density at radius 1 is 1.53 bits per heavy atom. The second-order valence-corrected chi connectivity index (χ2v) is 4.27. The lowest BCUT2D eigenvalue weighted by Crippen LogP contribution is -2.29. The van der Waals surface area contributed by atoms with E-state index in [1.165, 1.54) is 12.8 Å². The van der Waals surface area contributed by atoms with E-state index >= 15 is 0 Å². The van der Waals surface area contributed by atoms with Gasteiger partial charge in [-0.3, -0.25) is 0 Å². The van der Waals surface area contributed by atoms with Gasteiger partial charge in [0.05, 0.1) is 6.20 Å². The van der Waals surface area contributed by atoms with E-state index in [1.807, 2.05) is 6.20 Å². The molecular weight excluding hydrogens is 190 g/mol. The van der Waals surface area contributed by atoms with Gasteiger partial charge in [0.25, 0.3) is 0 Å². The van der Waals surface area contributed by atoms with Crippen molar-refractivity contribution < 1.29 is 4.42 Å². The topological polar surface area (TPSA) is 55.3 Å². The van der Waals surface area contributed by atoms with Crippen molar-refractivity contribution in [3.63, 3.8) is 0 Å². The zero-order valence-electron chi connectivity index (χ0n) is 9.28. The first-order chi connectivity index (χ1) is 7.29. The second kappa shape index (κ2) is 4.77. The van der Waals surface area contributed by atoms with E-state index in [4.69, 9.17) is 10.2 Å². The summed E-state index contributed by atoms with van der Waals surface area (Å²) >= 11 is 0. The summed E-state index contributed by atoms with van der Waals surface area (Å²) in [5.74, 6) is 2.39. The number of hydrogen-bond donors (Lipinski definition) is 1. The smallest absolute Gasteiger partial charge is 0.195 e. The van der Waals surface area contributed by atoms with E-state index in [-0.39, 0.29) is 0 Å². The molecule has 0 saturated carbocycles. The molecule has 1 fully saturated rings. The first-order valence-electron chi connectivity index (χ1n) is 5.63. The average Bonchev–Trinajstić information content (AvgIpc) is 2.68. The lowest BCUT2D eigenvalue weighted by Gasteiger charge is -2.27. The van der Waals surface area contributed by atoms with E-state index in [0.717, 1.165) is 31.2 Å². The number of likely N-dealkylation sites (tertiary alicyclic amines) is 1. The fourth-order valence-corrected chi connectivity index (χ4v) is 2.05. The monoisotopic (exact) mass is 209 g/mol. The molecule has 0 aromatic carbocycles. The van der Waals surface area contributed by atoms with Gasteiger partial charge in [0.2, 0.25) is 0 Å². The minimum atomic E-state index is 0.556. The van der Waals surface area contributed by atoms with Crippen LogP contribution in [0.5, 0.6) is 0 Å². The number of nitrogens with two attached hydrogens (primary N) is 1. The molecule has 1 aromatic heterocycles. The Bertz CT molecular complexity index is 303. The predicted octanol–water partition coefficient (Wildman–Crippen LogP) is 0.985. The van der Waals surface area contributed by atoms with Gasteiger partial charge < -0.3 is 15.1 Å². The highest BCUT2D eigenvalue weighted by Gasteiger charge is 2.21. The SMILES string of the molecule is CN1CCC(c2cnc(CCN)o2)CC1. The summed E-state index contributed by atoms with van der Waals surface area (Å²) in [6.45, 7) is 2.91. The average molecular weight is 209 g/mol. The molecule has 1 aliphatic heterocycles. The summed E-state index contributed by atoms with van der Waals surface area (Å²) in [6, 6.07) is 0. The Morgan fingerprint density at radius 3 is 2.93 bits per heavy atom. The maximum atomic E-state index is 5.69. The van der Waals surface area contributed by atoms with Crippen molar-refractivity contribution in [2.45, 2.75) is 25.2 Å². The number of oxazole rings is 1. The van der Waals surface area contributed by atoms with Crippen LogP contribution in [-0.4, -0.2) is 36.6 Å². The van der Waals surface area contributed by atoms with E-state index in [1.54, 1.807) is 0 Å². The summed E-state index contributed by atoms with van der Waals surface area (Å²) < 4.78 is 5.69. The molecular formula is C11H19N3O. The van der Waals surface area contributed by atoms with Gasteiger partial charge in [0.1, 0.15) is 5.76 Å². The van der Waals surface area contributed by atoms with Crippen LogP contribution in [0, 0.1) is 0 Å². The number of piperidine rings is 1. The van der Waals surface area contributed by atoms with Crippen molar-refractivity contribution in [1.29, 1.82) is 0 Å². The van der Waals surface area contributed by atoms with Crippen LogP contribution in [-0.2, 0) is 6.42 Å². The molecule has 1 saturated heterocycles. The van der Waals surface area contributed by atoms with Crippen LogP contribution in [0.25, 0.3) is 0 Å². The summed E-state index contributed by atoms with van der Waals surface area (Å²) in [7, 11) is 2.16. The van der Waals surface area contributed by atoms with Crippen LogP contribution in [0.15, 0.2) is 10.6 Å². The van der Waals surface area contributed by atoms with Gasteiger partial charge in [-0.1, -0.05) is 0 Å². The number of aromatic nitrogens is 1.